The van der Waals surface area contributed by atoms with Gasteiger partial charge in [-0.05, 0) is 82.6 Å². The first-order valence-corrected chi connectivity index (χ1v) is 9.97. The normalized spacial score (nSPS) is 12.5. The number of hydrogen-bond acceptors (Lipinski definition) is 0. The van der Waals surface area contributed by atoms with Gasteiger partial charge in [0.05, 0.1) is 0 Å². The number of allylic oxidation sites excluding steroid dienone is 6. The van der Waals surface area contributed by atoms with Crippen molar-refractivity contribution in [1.82, 2.24) is 0 Å². The van der Waals surface area contributed by atoms with Crippen LogP contribution < -0.4 is 0 Å². The first-order valence-electron chi connectivity index (χ1n) is 9.97. The molecule has 0 saturated heterocycles. The summed E-state index contributed by atoms with van der Waals surface area (Å²) in [5.41, 5.74) is 5.91. The van der Waals surface area contributed by atoms with E-state index in [0.717, 1.165) is 19.3 Å². The molecule has 0 bridgehead atoms. The van der Waals surface area contributed by atoms with Crippen molar-refractivity contribution in [3.05, 3.63) is 83.0 Å². The summed E-state index contributed by atoms with van der Waals surface area (Å²) in [4.78, 5) is 0. The lowest BCUT2D eigenvalue weighted by Crippen LogP contribution is -1.87. The van der Waals surface area contributed by atoms with E-state index in [1.165, 1.54) is 52.3 Å². The van der Waals surface area contributed by atoms with Crippen molar-refractivity contribution < 1.29 is 0 Å². The van der Waals surface area contributed by atoms with Crippen molar-refractivity contribution in [3.8, 4) is 0 Å². The van der Waals surface area contributed by atoms with Gasteiger partial charge in [-0.3, -0.25) is 0 Å². The summed E-state index contributed by atoms with van der Waals surface area (Å²) in [6.45, 7) is 8.88. The summed E-state index contributed by atoms with van der Waals surface area (Å²) in [7, 11) is 0. The molecule has 0 heteroatoms. The molecule has 0 aliphatic rings. The van der Waals surface area contributed by atoms with Crippen LogP contribution in [-0.4, -0.2) is 0 Å². The Morgan fingerprint density at radius 1 is 0.692 bits per heavy atom. The zero-order valence-corrected chi connectivity index (χ0v) is 17.0. The third kappa shape index (κ3) is 7.04. The predicted octanol–water partition coefficient (Wildman–Crippen LogP) is 8.19. The molecule has 0 saturated carbocycles. The average molecular weight is 347 g/mol. The minimum atomic E-state index is 1.12. The molecule has 0 atom stereocenters. The lowest BCUT2D eigenvalue weighted by molar-refractivity contribution is 0.904. The molecule has 0 nitrogen and oxygen atoms in total. The predicted molar refractivity (Wildman–Crippen MR) is 118 cm³/mol. The second-order valence-corrected chi connectivity index (χ2v) is 7.64. The van der Waals surface area contributed by atoms with E-state index in [1.807, 2.05) is 0 Å². The van der Waals surface area contributed by atoms with Crippen molar-refractivity contribution in [3.63, 3.8) is 0 Å². The molecular weight excluding hydrogens is 312 g/mol. The van der Waals surface area contributed by atoms with Crippen LogP contribution in [0.1, 0.15) is 65.4 Å². The molecule has 2 aromatic rings. The molecule has 0 heterocycles. The van der Waals surface area contributed by atoms with Gasteiger partial charge in [-0.1, -0.05) is 77.4 Å². The van der Waals surface area contributed by atoms with E-state index in [2.05, 4.69) is 88.4 Å². The van der Waals surface area contributed by atoms with Crippen LogP contribution in [0.5, 0.6) is 0 Å². The molecule has 0 aliphatic heterocycles. The summed E-state index contributed by atoms with van der Waals surface area (Å²) in [5.74, 6) is 0. The van der Waals surface area contributed by atoms with Gasteiger partial charge in [0.15, 0.2) is 0 Å². The number of rotatable bonds is 9. The van der Waals surface area contributed by atoms with Gasteiger partial charge >= 0.3 is 0 Å². The SMILES string of the molecule is CC(C)=CCC/C(C)=C/CC/C(C)=C/CCc1cccc2ccccc12. The zero-order chi connectivity index (χ0) is 18.8. The van der Waals surface area contributed by atoms with Crippen LogP contribution in [0.15, 0.2) is 77.4 Å². The number of benzene rings is 2. The first-order chi connectivity index (χ1) is 12.6. The number of aryl methyl sites for hydroxylation is 1. The quantitative estimate of drug-likeness (QED) is 0.401. The highest BCUT2D eigenvalue weighted by Crippen LogP contribution is 2.20. The lowest BCUT2D eigenvalue weighted by atomic mass is 10.00. The highest BCUT2D eigenvalue weighted by atomic mass is 14.0. The van der Waals surface area contributed by atoms with E-state index in [4.69, 9.17) is 0 Å². The van der Waals surface area contributed by atoms with Crippen molar-refractivity contribution >= 4 is 10.8 Å². The van der Waals surface area contributed by atoms with Gasteiger partial charge in [0, 0.05) is 0 Å². The van der Waals surface area contributed by atoms with Crippen molar-refractivity contribution in [1.29, 1.82) is 0 Å². The maximum Gasteiger partial charge on any atom is -0.0152 e. The molecule has 2 rings (SSSR count). The molecule has 0 fully saturated rings. The zero-order valence-electron chi connectivity index (χ0n) is 17.0. The monoisotopic (exact) mass is 346 g/mol. The van der Waals surface area contributed by atoms with E-state index in [0.29, 0.717) is 0 Å². The van der Waals surface area contributed by atoms with E-state index in [9.17, 15) is 0 Å². The van der Waals surface area contributed by atoms with Crippen LogP contribution in [0, 0.1) is 0 Å². The summed E-state index contributed by atoms with van der Waals surface area (Å²) < 4.78 is 0. The van der Waals surface area contributed by atoms with E-state index < -0.39 is 0 Å². The van der Waals surface area contributed by atoms with Crippen LogP contribution in [0.25, 0.3) is 10.8 Å². The van der Waals surface area contributed by atoms with Gasteiger partial charge in [0.2, 0.25) is 0 Å². The maximum absolute atomic E-state index is 2.42. The minimum Gasteiger partial charge on any atom is -0.0856 e. The van der Waals surface area contributed by atoms with E-state index >= 15 is 0 Å². The summed E-state index contributed by atoms with van der Waals surface area (Å²) in [6.07, 6.45) is 14.1. The third-order valence-electron chi connectivity index (χ3n) is 4.91. The van der Waals surface area contributed by atoms with Gasteiger partial charge in [-0.2, -0.15) is 0 Å². The molecule has 0 spiro atoms. The fraction of sp³-hybridized carbons (Fsp3) is 0.385. The molecule has 0 unspecified atom stereocenters. The van der Waals surface area contributed by atoms with Gasteiger partial charge in [0.1, 0.15) is 0 Å². The third-order valence-corrected chi connectivity index (χ3v) is 4.91. The molecule has 0 N–H and O–H groups in total. The van der Waals surface area contributed by atoms with Gasteiger partial charge in [0.25, 0.3) is 0 Å². The van der Waals surface area contributed by atoms with Crippen molar-refractivity contribution in [2.45, 2.75) is 66.2 Å². The van der Waals surface area contributed by atoms with Crippen LogP contribution in [0.2, 0.25) is 0 Å². The smallest absolute Gasteiger partial charge is 0.0152 e. The molecule has 0 radical (unpaired) electrons. The average Bonchev–Trinajstić information content (AvgIpc) is 2.61. The highest BCUT2D eigenvalue weighted by Gasteiger charge is 1.99. The van der Waals surface area contributed by atoms with Gasteiger partial charge in [-0.25, -0.2) is 0 Å². The number of fused-ring (bicyclic) bond motifs is 1. The van der Waals surface area contributed by atoms with E-state index in [1.54, 1.807) is 0 Å². The summed E-state index contributed by atoms with van der Waals surface area (Å²) in [6, 6.07) is 15.3. The highest BCUT2D eigenvalue weighted by molar-refractivity contribution is 5.85. The fourth-order valence-electron chi connectivity index (χ4n) is 3.32. The second kappa shape index (κ2) is 10.8. The van der Waals surface area contributed by atoms with Crippen LogP contribution in [0.3, 0.4) is 0 Å². The maximum atomic E-state index is 2.42. The molecule has 138 valence electrons. The van der Waals surface area contributed by atoms with Crippen LogP contribution in [0.4, 0.5) is 0 Å². The Labute approximate surface area is 160 Å². The second-order valence-electron chi connectivity index (χ2n) is 7.64. The molecule has 0 amide bonds. The Bertz CT molecular complexity index is 777. The van der Waals surface area contributed by atoms with E-state index in [-0.39, 0.29) is 0 Å². The minimum absolute atomic E-state index is 1.12. The van der Waals surface area contributed by atoms with Crippen LogP contribution in [-0.2, 0) is 6.42 Å². The van der Waals surface area contributed by atoms with Gasteiger partial charge < -0.3 is 0 Å². The fourth-order valence-corrected chi connectivity index (χ4v) is 3.32. The Hall–Kier alpha value is -2.08. The topological polar surface area (TPSA) is 0 Å². The number of hydrogen-bond donors (Lipinski definition) is 0. The molecule has 2 aromatic carbocycles. The Morgan fingerprint density at radius 3 is 2.04 bits per heavy atom. The Balaban J connectivity index is 1.78. The molecule has 0 aliphatic carbocycles. The molecule has 0 aromatic heterocycles. The standard InChI is InChI=1S/C26H34/c1-21(2)11-7-12-22(3)13-8-14-23(4)15-9-17-25-19-10-18-24-16-5-6-20-26(24)25/h5-6,10-11,13,15-16,18-20H,7-9,12,14,17H2,1-4H3/b22-13+,23-15+. The van der Waals surface area contributed by atoms with Gasteiger partial charge in [-0.15, -0.1) is 0 Å². The molecular formula is C26H34. The first kappa shape index (κ1) is 20.2. The Kier molecular flexibility index (Phi) is 8.41. The van der Waals surface area contributed by atoms with Crippen LogP contribution >= 0.6 is 0 Å². The van der Waals surface area contributed by atoms with Crippen molar-refractivity contribution in [2.24, 2.45) is 0 Å². The van der Waals surface area contributed by atoms with Crippen molar-refractivity contribution in [2.75, 3.05) is 0 Å². The lowest BCUT2D eigenvalue weighted by Gasteiger charge is -2.06. The Morgan fingerprint density at radius 2 is 1.31 bits per heavy atom. The summed E-state index contributed by atoms with van der Waals surface area (Å²) >= 11 is 0. The summed E-state index contributed by atoms with van der Waals surface area (Å²) in [5, 5.41) is 2.75. The largest absolute Gasteiger partial charge is 0.0856 e. The molecule has 26 heavy (non-hydrogen) atoms.